The van der Waals surface area contributed by atoms with Gasteiger partial charge >= 0.3 is 0 Å². The fourth-order valence-electron chi connectivity index (χ4n) is 3.53. The molecule has 1 heterocycles. The molecule has 1 N–H and O–H groups in total. The number of methoxy groups -OCH3 is 2. The van der Waals surface area contributed by atoms with Crippen LogP contribution in [0, 0.1) is 6.92 Å². The van der Waals surface area contributed by atoms with Gasteiger partial charge in [-0.25, -0.2) is 0 Å². The van der Waals surface area contributed by atoms with E-state index in [2.05, 4.69) is 35.3 Å². The van der Waals surface area contributed by atoms with E-state index in [1.165, 1.54) is 16.7 Å². The number of fused-ring (bicyclic) bond motifs is 1. The first-order chi connectivity index (χ1) is 13.0. The van der Waals surface area contributed by atoms with Gasteiger partial charge in [0, 0.05) is 19.6 Å². The lowest BCUT2D eigenvalue weighted by molar-refractivity contribution is -0.126. The highest BCUT2D eigenvalue weighted by atomic mass is 16.5. The second-order valence-corrected chi connectivity index (χ2v) is 7.08. The van der Waals surface area contributed by atoms with Crippen molar-refractivity contribution in [1.29, 1.82) is 0 Å². The molecule has 0 bridgehead atoms. The Labute approximate surface area is 161 Å². The summed E-state index contributed by atoms with van der Waals surface area (Å²) in [7, 11) is 3.22. The first-order valence-corrected chi connectivity index (χ1v) is 9.33. The smallest absolute Gasteiger partial charge is 0.237 e. The molecule has 0 fully saturated rings. The maximum atomic E-state index is 12.7. The van der Waals surface area contributed by atoms with Gasteiger partial charge in [0.15, 0.2) is 11.5 Å². The molecule has 0 saturated heterocycles. The van der Waals surface area contributed by atoms with Crippen molar-refractivity contribution in [1.82, 2.24) is 10.2 Å². The number of ether oxygens (including phenoxy) is 2. The zero-order valence-corrected chi connectivity index (χ0v) is 16.5. The summed E-state index contributed by atoms with van der Waals surface area (Å²) in [4.78, 5) is 14.9. The summed E-state index contributed by atoms with van der Waals surface area (Å²) in [6.45, 7) is 6.29. The van der Waals surface area contributed by atoms with E-state index in [4.69, 9.17) is 9.47 Å². The van der Waals surface area contributed by atoms with Gasteiger partial charge in [-0.3, -0.25) is 9.69 Å². The van der Waals surface area contributed by atoms with Gasteiger partial charge in [-0.2, -0.15) is 0 Å². The SMILES string of the molecule is COc1ccc(CNC(=O)[C@H](C)N2CCc3cc(C)ccc3C2)cc1OC. The Hall–Kier alpha value is -2.53. The van der Waals surface area contributed by atoms with E-state index in [1.54, 1.807) is 14.2 Å². The second kappa shape index (κ2) is 8.44. The molecule has 1 aliphatic heterocycles. The van der Waals surface area contributed by atoms with E-state index in [-0.39, 0.29) is 11.9 Å². The minimum absolute atomic E-state index is 0.0420. The molecular weight excluding hydrogens is 340 g/mol. The van der Waals surface area contributed by atoms with Crippen molar-refractivity contribution in [2.75, 3.05) is 20.8 Å². The number of hydrogen-bond donors (Lipinski definition) is 1. The van der Waals surface area contributed by atoms with Gasteiger partial charge in [0.25, 0.3) is 0 Å². The Morgan fingerprint density at radius 2 is 1.89 bits per heavy atom. The van der Waals surface area contributed by atoms with Crippen molar-refractivity contribution in [3.8, 4) is 11.5 Å². The predicted molar refractivity (Wildman–Crippen MR) is 106 cm³/mol. The molecular formula is C22H28N2O3. The van der Waals surface area contributed by atoms with Crippen molar-refractivity contribution < 1.29 is 14.3 Å². The van der Waals surface area contributed by atoms with Crippen molar-refractivity contribution in [2.45, 2.75) is 39.4 Å². The van der Waals surface area contributed by atoms with Crippen LogP contribution in [0.5, 0.6) is 11.5 Å². The van der Waals surface area contributed by atoms with Gasteiger partial charge < -0.3 is 14.8 Å². The number of carbonyl (C=O) groups excluding carboxylic acids is 1. The van der Waals surface area contributed by atoms with Crippen LogP contribution in [0.15, 0.2) is 36.4 Å². The van der Waals surface area contributed by atoms with Crippen LogP contribution in [0.4, 0.5) is 0 Å². The number of hydrogen-bond acceptors (Lipinski definition) is 4. The maximum Gasteiger partial charge on any atom is 0.237 e. The topological polar surface area (TPSA) is 50.8 Å². The lowest BCUT2D eigenvalue weighted by Gasteiger charge is -2.33. The maximum absolute atomic E-state index is 12.7. The third-order valence-corrected chi connectivity index (χ3v) is 5.25. The molecule has 0 radical (unpaired) electrons. The summed E-state index contributed by atoms with van der Waals surface area (Å²) in [6, 6.07) is 12.1. The summed E-state index contributed by atoms with van der Waals surface area (Å²) in [5.41, 5.74) is 5.01. The molecule has 3 rings (SSSR count). The molecule has 0 spiro atoms. The number of carbonyl (C=O) groups is 1. The average molecular weight is 368 g/mol. The standard InChI is InChI=1S/C22H28N2O3/c1-15-5-7-19-14-24(10-9-18(19)11-15)16(2)22(25)23-13-17-6-8-20(26-3)21(12-17)27-4/h5-8,11-12,16H,9-10,13-14H2,1-4H3,(H,23,25)/t16-/m0/s1. The lowest BCUT2D eigenvalue weighted by Crippen LogP contribution is -2.46. The Morgan fingerprint density at radius 1 is 1.11 bits per heavy atom. The summed E-state index contributed by atoms with van der Waals surface area (Å²) in [5, 5.41) is 3.04. The van der Waals surface area contributed by atoms with Crippen LogP contribution in [-0.4, -0.2) is 37.6 Å². The van der Waals surface area contributed by atoms with Gasteiger partial charge in [0.2, 0.25) is 5.91 Å². The summed E-state index contributed by atoms with van der Waals surface area (Å²) >= 11 is 0. The van der Waals surface area contributed by atoms with Gasteiger partial charge in [0.05, 0.1) is 20.3 Å². The summed E-state index contributed by atoms with van der Waals surface area (Å²) in [5.74, 6) is 1.39. The molecule has 0 unspecified atom stereocenters. The third kappa shape index (κ3) is 4.42. The van der Waals surface area contributed by atoms with E-state index in [9.17, 15) is 4.79 Å². The van der Waals surface area contributed by atoms with Crippen LogP contribution >= 0.6 is 0 Å². The Kier molecular flexibility index (Phi) is 6.01. The van der Waals surface area contributed by atoms with Crippen molar-refractivity contribution in [3.05, 3.63) is 58.7 Å². The van der Waals surface area contributed by atoms with E-state index in [1.807, 2.05) is 25.1 Å². The van der Waals surface area contributed by atoms with Crippen molar-refractivity contribution in [2.24, 2.45) is 0 Å². The Morgan fingerprint density at radius 3 is 2.63 bits per heavy atom. The number of aryl methyl sites for hydroxylation is 1. The minimum Gasteiger partial charge on any atom is -0.493 e. The highest BCUT2D eigenvalue weighted by Gasteiger charge is 2.25. The predicted octanol–water partition coefficient (Wildman–Crippen LogP) is 3.08. The number of nitrogens with one attached hydrogen (secondary N) is 1. The monoisotopic (exact) mass is 368 g/mol. The summed E-state index contributed by atoms with van der Waals surface area (Å²) < 4.78 is 10.6. The first-order valence-electron chi connectivity index (χ1n) is 9.33. The third-order valence-electron chi connectivity index (χ3n) is 5.25. The van der Waals surface area contributed by atoms with E-state index in [0.29, 0.717) is 18.0 Å². The number of amides is 1. The molecule has 5 heteroatoms. The average Bonchev–Trinajstić information content (AvgIpc) is 2.70. The van der Waals surface area contributed by atoms with Gasteiger partial charge in [-0.05, 0) is 49.1 Å². The number of nitrogens with zero attached hydrogens (tertiary/aromatic N) is 1. The molecule has 2 aromatic carbocycles. The normalized spacial score (nSPS) is 15.0. The first kappa shape index (κ1) is 19.2. The molecule has 27 heavy (non-hydrogen) atoms. The molecule has 1 aliphatic rings. The van der Waals surface area contributed by atoms with Gasteiger partial charge in [0.1, 0.15) is 0 Å². The molecule has 2 aromatic rings. The van der Waals surface area contributed by atoms with Crippen LogP contribution < -0.4 is 14.8 Å². The molecule has 1 atom stereocenters. The van der Waals surface area contributed by atoms with E-state index in [0.717, 1.165) is 25.1 Å². The van der Waals surface area contributed by atoms with Crippen molar-refractivity contribution in [3.63, 3.8) is 0 Å². The van der Waals surface area contributed by atoms with E-state index >= 15 is 0 Å². The molecule has 144 valence electrons. The Balaban J connectivity index is 1.59. The number of rotatable bonds is 6. The molecule has 0 saturated carbocycles. The van der Waals surface area contributed by atoms with Gasteiger partial charge in [-0.15, -0.1) is 0 Å². The zero-order valence-electron chi connectivity index (χ0n) is 16.5. The van der Waals surface area contributed by atoms with Crippen LogP contribution in [0.3, 0.4) is 0 Å². The van der Waals surface area contributed by atoms with Crippen LogP contribution in [0.2, 0.25) is 0 Å². The Bertz CT molecular complexity index is 819. The zero-order chi connectivity index (χ0) is 19.4. The second-order valence-electron chi connectivity index (χ2n) is 7.08. The number of benzene rings is 2. The highest BCUT2D eigenvalue weighted by Crippen LogP contribution is 2.27. The molecule has 1 amide bonds. The van der Waals surface area contributed by atoms with Crippen molar-refractivity contribution >= 4 is 5.91 Å². The fraction of sp³-hybridized carbons (Fsp3) is 0.409. The molecule has 0 aliphatic carbocycles. The van der Waals surface area contributed by atoms with Crippen LogP contribution in [0.1, 0.15) is 29.2 Å². The van der Waals surface area contributed by atoms with Crippen LogP contribution in [0.25, 0.3) is 0 Å². The minimum atomic E-state index is -0.167. The van der Waals surface area contributed by atoms with E-state index < -0.39 is 0 Å². The fourth-order valence-corrected chi connectivity index (χ4v) is 3.53. The largest absolute Gasteiger partial charge is 0.493 e. The quantitative estimate of drug-likeness (QED) is 0.851. The summed E-state index contributed by atoms with van der Waals surface area (Å²) in [6.07, 6.45) is 0.990. The lowest BCUT2D eigenvalue weighted by atomic mass is 9.96. The van der Waals surface area contributed by atoms with Gasteiger partial charge in [-0.1, -0.05) is 29.8 Å². The highest BCUT2D eigenvalue weighted by molar-refractivity contribution is 5.81. The van der Waals surface area contributed by atoms with Crippen LogP contribution in [-0.2, 0) is 24.3 Å². The molecule has 0 aromatic heterocycles. The molecule has 5 nitrogen and oxygen atoms in total.